The molecule has 0 aliphatic heterocycles. The van der Waals surface area contributed by atoms with Crippen molar-refractivity contribution in [1.29, 1.82) is 0 Å². The number of thioether (sulfide) groups is 1. The topological polar surface area (TPSA) is 55.1 Å². The van der Waals surface area contributed by atoms with Gasteiger partial charge in [-0.15, -0.1) is 18.2 Å². The molecule has 0 bridgehead atoms. The molecule has 0 saturated heterocycles. The van der Waals surface area contributed by atoms with E-state index in [-0.39, 0.29) is 5.91 Å². The second-order valence-corrected chi connectivity index (χ2v) is 4.11. The Balaban J connectivity index is 3.41. The highest BCUT2D eigenvalue weighted by molar-refractivity contribution is 8.00. The van der Waals surface area contributed by atoms with Gasteiger partial charge in [0.2, 0.25) is 5.91 Å². The van der Waals surface area contributed by atoms with Crippen LogP contribution < -0.4 is 11.1 Å². The number of hydrogen-bond donors (Lipinski definition) is 2. The molecule has 74 valence electrons. The molecule has 0 aromatic carbocycles. The molecule has 1 unspecified atom stereocenters. The van der Waals surface area contributed by atoms with Crippen molar-refractivity contribution >= 4 is 17.7 Å². The highest BCUT2D eigenvalue weighted by Crippen LogP contribution is 2.12. The maximum absolute atomic E-state index is 11.1. The fraction of sp³-hybridized carbons (Fsp3) is 0.667. The molecular weight excluding hydrogens is 184 g/mol. The molecule has 4 heteroatoms. The minimum Gasteiger partial charge on any atom is -0.344 e. The molecule has 3 N–H and O–H groups in total. The molecule has 0 saturated carbocycles. The first kappa shape index (κ1) is 12.3. The van der Waals surface area contributed by atoms with Gasteiger partial charge in [0.15, 0.2) is 0 Å². The standard InChI is InChI=1S/C9H16N2OS/c1-3-6-11-9(12)7-13-8(2)4-5-10/h1,8H,4-7,10H2,2H3,(H,11,12). The lowest BCUT2D eigenvalue weighted by atomic mass is 10.3. The number of nitrogens with two attached hydrogens (primary N) is 1. The number of terminal acetylenes is 1. The van der Waals surface area contributed by atoms with Crippen molar-refractivity contribution in [3.05, 3.63) is 0 Å². The summed E-state index contributed by atoms with van der Waals surface area (Å²) in [5.74, 6) is 2.80. The molecule has 1 amide bonds. The number of hydrogen-bond acceptors (Lipinski definition) is 3. The Hall–Kier alpha value is -0.660. The van der Waals surface area contributed by atoms with E-state index in [0.29, 0.717) is 24.1 Å². The normalized spacial score (nSPS) is 11.8. The van der Waals surface area contributed by atoms with Crippen molar-refractivity contribution in [2.75, 3.05) is 18.8 Å². The van der Waals surface area contributed by atoms with Crippen molar-refractivity contribution in [3.8, 4) is 12.3 Å². The predicted molar refractivity (Wildman–Crippen MR) is 57.4 cm³/mol. The number of carbonyl (C=O) groups is 1. The third-order valence-electron chi connectivity index (χ3n) is 1.46. The van der Waals surface area contributed by atoms with Gasteiger partial charge < -0.3 is 11.1 Å². The van der Waals surface area contributed by atoms with Crippen LogP contribution in [0.4, 0.5) is 0 Å². The third-order valence-corrected chi connectivity index (χ3v) is 2.69. The van der Waals surface area contributed by atoms with Gasteiger partial charge in [0.05, 0.1) is 12.3 Å². The number of amides is 1. The summed E-state index contributed by atoms with van der Waals surface area (Å²) in [6.45, 7) is 3.04. The summed E-state index contributed by atoms with van der Waals surface area (Å²) in [6, 6.07) is 0. The predicted octanol–water partition coefficient (Wildman–Crippen LogP) is 0.206. The fourth-order valence-electron chi connectivity index (χ4n) is 0.737. The maximum Gasteiger partial charge on any atom is 0.230 e. The molecule has 0 aromatic heterocycles. The van der Waals surface area contributed by atoms with E-state index in [9.17, 15) is 4.79 Å². The second kappa shape index (κ2) is 7.96. The van der Waals surface area contributed by atoms with Crippen LogP contribution in [0.2, 0.25) is 0 Å². The lowest BCUT2D eigenvalue weighted by Crippen LogP contribution is -2.26. The van der Waals surface area contributed by atoms with Gasteiger partial charge in [-0.3, -0.25) is 4.79 Å². The summed E-state index contributed by atoms with van der Waals surface area (Å²) in [6.07, 6.45) is 5.93. The second-order valence-electron chi connectivity index (χ2n) is 2.68. The summed E-state index contributed by atoms with van der Waals surface area (Å²) in [4.78, 5) is 11.1. The van der Waals surface area contributed by atoms with E-state index in [1.165, 1.54) is 0 Å². The van der Waals surface area contributed by atoms with Crippen LogP contribution in [0, 0.1) is 12.3 Å². The average molecular weight is 200 g/mol. The maximum atomic E-state index is 11.1. The molecular formula is C9H16N2OS. The first-order valence-electron chi connectivity index (χ1n) is 4.22. The first-order valence-corrected chi connectivity index (χ1v) is 5.27. The van der Waals surface area contributed by atoms with Crippen LogP contribution in [-0.4, -0.2) is 30.0 Å². The van der Waals surface area contributed by atoms with Crippen LogP contribution in [0.1, 0.15) is 13.3 Å². The van der Waals surface area contributed by atoms with Gasteiger partial charge in [0.1, 0.15) is 0 Å². The van der Waals surface area contributed by atoms with Crippen LogP contribution >= 0.6 is 11.8 Å². The van der Waals surface area contributed by atoms with E-state index < -0.39 is 0 Å². The summed E-state index contributed by atoms with van der Waals surface area (Å²) < 4.78 is 0. The summed E-state index contributed by atoms with van der Waals surface area (Å²) in [5.41, 5.74) is 5.38. The van der Waals surface area contributed by atoms with Crippen molar-refractivity contribution in [3.63, 3.8) is 0 Å². The molecule has 0 aliphatic rings. The average Bonchev–Trinajstić information content (AvgIpc) is 2.12. The number of nitrogens with one attached hydrogen (secondary N) is 1. The molecule has 1 atom stereocenters. The van der Waals surface area contributed by atoms with E-state index in [1.807, 2.05) is 0 Å². The summed E-state index contributed by atoms with van der Waals surface area (Å²) in [5, 5.41) is 3.03. The molecule has 0 fully saturated rings. The highest BCUT2D eigenvalue weighted by atomic mass is 32.2. The van der Waals surface area contributed by atoms with Crippen molar-refractivity contribution in [2.45, 2.75) is 18.6 Å². The molecule has 0 spiro atoms. The Morgan fingerprint density at radius 1 is 1.77 bits per heavy atom. The zero-order chi connectivity index (χ0) is 10.1. The van der Waals surface area contributed by atoms with E-state index in [1.54, 1.807) is 11.8 Å². The Morgan fingerprint density at radius 3 is 3.00 bits per heavy atom. The van der Waals surface area contributed by atoms with Gasteiger partial charge >= 0.3 is 0 Å². The van der Waals surface area contributed by atoms with Crippen molar-refractivity contribution in [1.82, 2.24) is 5.32 Å². The first-order chi connectivity index (χ1) is 6.20. The van der Waals surface area contributed by atoms with Crippen LogP contribution in [-0.2, 0) is 4.79 Å². The SMILES string of the molecule is C#CCNC(=O)CSC(C)CCN. The smallest absolute Gasteiger partial charge is 0.230 e. The van der Waals surface area contributed by atoms with E-state index in [2.05, 4.69) is 18.2 Å². The molecule has 0 aromatic rings. The fourth-order valence-corrected chi connectivity index (χ4v) is 1.58. The number of rotatable bonds is 6. The minimum atomic E-state index is -0.00757. The quantitative estimate of drug-likeness (QED) is 0.603. The van der Waals surface area contributed by atoms with Crippen molar-refractivity contribution < 1.29 is 4.79 Å². The van der Waals surface area contributed by atoms with Gasteiger partial charge in [0.25, 0.3) is 0 Å². The van der Waals surface area contributed by atoms with Crippen LogP contribution in [0.5, 0.6) is 0 Å². The monoisotopic (exact) mass is 200 g/mol. The lowest BCUT2D eigenvalue weighted by Gasteiger charge is -2.08. The molecule has 13 heavy (non-hydrogen) atoms. The summed E-state index contributed by atoms with van der Waals surface area (Å²) in [7, 11) is 0. The molecule has 3 nitrogen and oxygen atoms in total. The molecule has 0 radical (unpaired) electrons. The van der Waals surface area contributed by atoms with E-state index in [0.717, 1.165) is 6.42 Å². The Morgan fingerprint density at radius 2 is 2.46 bits per heavy atom. The lowest BCUT2D eigenvalue weighted by molar-refractivity contribution is -0.118. The van der Waals surface area contributed by atoms with E-state index >= 15 is 0 Å². The summed E-state index contributed by atoms with van der Waals surface area (Å²) >= 11 is 1.60. The molecule has 0 heterocycles. The number of carbonyl (C=O) groups excluding carboxylic acids is 1. The van der Waals surface area contributed by atoms with E-state index in [4.69, 9.17) is 12.2 Å². The van der Waals surface area contributed by atoms with Gasteiger partial charge in [-0.25, -0.2) is 0 Å². The van der Waals surface area contributed by atoms with Gasteiger partial charge in [-0.1, -0.05) is 12.8 Å². The molecule has 0 rings (SSSR count). The van der Waals surface area contributed by atoms with Gasteiger partial charge in [0, 0.05) is 5.25 Å². The van der Waals surface area contributed by atoms with Crippen LogP contribution in [0.15, 0.2) is 0 Å². The third kappa shape index (κ3) is 7.69. The van der Waals surface area contributed by atoms with Gasteiger partial charge in [-0.05, 0) is 13.0 Å². The minimum absolute atomic E-state index is 0.00757. The van der Waals surface area contributed by atoms with Crippen LogP contribution in [0.3, 0.4) is 0 Å². The molecule has 0 aliphatic carbocycles. The van der Waals surface area contributed by atoms with Crippen LogP contribution in [0.25, 0.3) is 0 Å². The zero-order valence-corrected chi connectivity index (χ0v) is 8.69. The Labute approximate surface area is 83.8 Å². The largest absolute Gasteiger partial charge is 0.344 e. The zero-order valence-electron chi connectivity index (χ0n) is 7.88. The van der Waals surface area contributed by atoms with Crippen molar-refractivity contribution in [2.24, 2.45) is 5.73 Å². The Kier molecular flexibility index (Phi) is 7.56. The Bertz CT molecular complexity index is 189. The van der Waals surface area contributed by atoms with Gasteiger partial charge in [-0.2, -0.15) is 0 Å². The highest BCUT2D eigenvalue weighted by Gasteiger charge is 2.04.